The maximum atomic E-state index is 12.3. The third-order valence-corrected chi connectivity index (χ3v) is 3.35. The molecule has 0 aliphatic carbocycles. The summed E-state index contributed by atoms with van der Waals surface area (Å²) in [5, 5.41) is 6.60. The van der Waals surface area contributed by atoms with Gasteiger partial charge in [-0.2, -0.15) is 0 Å². The summed E-state index contributed by atoms with van der Waals surface area (Å²) in [7, 11) is 2.94. The highest BCUT2D eigenvalue weighted by Gasteiger charge is 2.39. The molecule has 1 aromatic rings. The average Bonchev–Trinajstić information content (AvgIpc) is 2.55. The number of benzene rings is 1. The number of carbonyl (C=O) groups is 1. The third kappa shape index (κ3) is 3.87. The Hall–Kier alpha value is -2.24. The molecule has 1 N–H and O–H groups in total. The summed E-state index contributed by atoms with van der Waals surface area (Å²) in [6.07, 6.45) is 0.502. The Bertz CT molecular complexity index is 511. The van der Waals surface area contributed by atoms with Gasteiger partial charge in [-0.15, -0.1) is 0 Å². The summed E-state index contributed by atoms with van der Waals surface area (Å²) in [5.41, 5.74) is 8.12. The number of ether oxygens (including phenoxy) is 2. The van der Waals surface area contributed by atoms with Crippen molar-refractivity contribution < 1.29 is 14.3 Å². The molecule has 1 aromatic carbocycles. The van der Waals surface area contributed by atoms with E-state index < -0.39 is 5.54 Å². The summed E-state index contributed by atoms with van der Waals surface area (Å²) < 4.78 is 10.1. The number of esters is 1. The molecule has 0 radical (unpaired) electrons. The number of carbonyl (C=O) groups excluding carboxylic acids is 1. The van der Waals surface area contributed by atoms with Gasteiger partial charge in [0.1, 0.15) is 11.3 Å². The topological polar surface area (TPSA) is 96.3 Å². The zero-order valence-corrected chi connectivity index (χ0v) is 12.5. The molecule has 1 atom stereocenters. The Morgan fingerprint density at radius 3 is 2.52 bits per heavy atom. The van der Waals surface area contributed by atoms with Crippen molar-refractivity contribution in [1.82, 2.24) is 5.32 Å². The molecule has 0 aromatic heterocycles. The predicted molar refractivity (Wildman–Crippen MR) is 79.0 cm³/mol. The van der Waals surface area contributed by atoms with Crippen LogP contribution in [0.1, 0.15) is 18.9 Å². The van der Waals surface area contributed by atoms with Gasteiger partial charge in [0.15, 0.2) is 0 Å². The maximum absolute atomic E-state index is 12.3. The molecule has 7 heteroatoms. The van der Waals surface area contributed by atoms with Crippen LogP contribution in [0.15, 0.2) is 29.4 Å². The molecule has 0 saturated heterocycles. The van der Waals surface area contributed by atoms with E-state index in [0.29, 0.717) is 18.7 Å². The molecule has 7 nitrogen and oxygen atoms in total. The van der Waals surface area contributed by atoms with Gasteiger partial charge in [0.2, 0.25) is 0 Å². The number of methoxy groups -OCH3 is 2. The molecule has 0 spiro atoms. The summed E-state index contributed by atoms with van der Waals surface area (Å²) in [4.78, 5) is 15.0. The van der Waals surface area contributed by atoms with Crippen LogP contribution in [0.25, 0.3) is 10.4 Å². The second kappa shape index (κ2) is 8.14. The molecule has 1 unspecified atom stereocenters. The molecule has 114 valence electrons. The normalized spacial score (nSPS) is 12.9. The van der Waals surface area contributed by atoms with E-state index in [9.17, 15) is 4.79 Å². The quantitative estimate of drug-likeness (QED) is 0.261. The standard InChI is InChI=1S/C14H20N4O3/c1-4-14(13(19)21-3,16-9-10-17-18-15)11-5-7-12(20-2)8-6-11/h5-8,16H,4,9-10H2,1-3H3. The number of nitrogens with one attached hydrogen (secondary N) is 1. The summed E-state index contributed by atoms with van der Waals surface area (Å²) in [5.74, 6) is 0.332. The second-order valence-electron chi connectivity index (χ2n) is 4.36. The van der Waals surface area contributed by atoms with Crippen LogP contribution in [-0.4, -0.2) is 33.3 Å². The van der Waals surface area contributed by atoms with Crippen molar-refractivity contribution in [1.29, 1.82) is 0 Å². The van der Waals surface area contributed by atoms with Crippen LogP contribution >= 0.6 is 0 Å². The van der Waals surface area contributed by atoms with E-state index >= 15 is 0 Å². The molecule has 0 fully saturated rings. The monoisotopic (exact) mass is 292 g/mol. The first-order valence-corrected chi connectivity index (χ1v) is 6.63. The van der Waals surface area contributed by atoms with Gasteiger partial charge in [-0.25, -0.2) is 4.79 Å². The zero-order chi connectivity index (χ0) is 15.7. The van der Waals surface area contributed by atoms with Gasteiger partial charge < -0.3 is 9.47 Å². The lowest BCUT2D eigenvalue weighted by Gasteiger charge is -2.31. The van der Waals surface area contributed by atoms with Crippen molar-refractivity contribution in [2.45, 2.75) is 18.9 Å². The van der Waals surface area contributed by atoms with E-state index in [2.05, 4.69) is 15.3 Å². The van der Waals surface area contributed by atoms with Crippen LogP contribution in [0.4, 0.5) is 0 Å². The largest absolute Gasteiger partial charge is 0.497 e. The van der Waals surface area contributed by atoms with E-state index in [1.165, 1.54) is 7.11 Å². The fourth-order valence-corrected chi connectivity index (χ4v) is 2.18. The van der Waals surface area contributed by atoms with Gasteiger partial charge in [0.05, 0.1) is 14.2 Å². The first kappa shape index (κ1) is 16.8. The minimum absolute atomic E-state index is 0.255. The van der Waals surface area contributed by atoms with E-state index in [1.807, 2.05) is 19.1 Å². The first-order chi connectivity index (χ1) is 10.1. The molecule has 21 heavy (non-hydrogen) atoms. The van der Waals surface area contributed by atoms with Crippen molar-refractivity contribution in [3.8, 4) is 5.75 Å². The van der Waals surface area contributed by atoms with Crippen molar-refractivity contribution >= 4 is 5.97 Å². The van der Waals surface area contributed by atoms with Gasteiger partial charge >= 0.3 is 5.97 Å². The molecular formula is C14H20N4O3. The summed E-state index contributed by atoms with van der Waals surface area (Å²) in [6.45, 7) is 2.52. The number of hydrogen-bond acceptors (Lipinski definition) is 5. The highest BCUT2D eigenvalue weighted by Crippen LogP contribution is 2.28. The van der Waals surface area contributed by atoms with Gasteiger partial charge in [0.25, 0.3) is 0 Å². The minimum atomic E-state index is -0.966. The molecule has 0 aliphatic rings. The van der Waals surface area contributed by atoms with Crippen molar-refractivity contribution in [2.24, 2.45) is 5.11 Å². The van der Waals surface area contributed by atoms with E-state index in [4.69, 9.17) is 15.0 Å². The minimum Gasteiger partial charge on any atom is -0.497 e. The lowest BCUT2D eigenvalue weighted by Crippen LogP contribution is -2.50. The van der Waals surface area contributed by atoms with Crippen LogP contribution < -0.4 is 10.1 Å². The summed E-state index contributed by atoms with van der Waals surface area (Å²) in [6, 6.07) is 7.22. The number of rotatable bonds is 8. The highest BCUT2D eigenvalue weighted by molar-refractivity contribution is 5.82. The fourth-order valence-electron chi connectivity index (χ4n) is 2.18. The molecule has 0 heterocycles. The fraction of sp³-hybridized carbons (Fsp3) is 0.500. The van der Waals surface area contributed by atoms with Crippen LogP contribution in [-0.2, 0) is 15.1 Å². The van der Waals surface area contributed by atoms with Gasteiger partial charge in [-0.3, -0.25) is 5.32 Å². The zero-order valence-electron chi connectivity index (χ0n) is 12.5. The van der Waals surface area contributed by atoms with Gasteiger partial charge in [-0.1, -0.05) is 24.2 Å². The van der Waals surface area contributed by atoms with Crippen molar-refractivity contribution in [2.75, 3.05) is 27.3 Å². The van der Waals surface area contributed by atoms with Gasteiger partial charge in [-0.05, 0) is 29.6 Å². The van der Waals surface area contributed by atoms with Crippen molar-refractivity contribution in [3.63, 3.8) is 0 Å². The van der Waals surface area contributed by atoms with E-state index in [0.717, 1.165) is 5.56 Å². The first-order valence-electron chi connectivity index (χ1n) is 6.63. The Morgan fingerprint density at radius 2 is 2.05 bits per heavy atom. The highest BCUT2D eigenvalue weighted by atomic mass is 16.5. The van der Waals surface area contributed by atoms with E-state index in [1.54, 1.807) is 19.2 Å². The van der Waals surface area contributed by atoms with Crippen LogP contribution in [0, 0.1) is 0 Å². The smallest absolute Gasteiger partial charge is 0.330 e. The second-order valence-corrected chi connectivity index (χ2v) is 4.36. The molecular weight excluding hydrogens is 272 g/mol. The van der Waals surface area contributed by atoms with Crippen molar-refractivity contribution in [3.05, 3.63) is 40.3 Å². The number of nitrogens with zero attached hydrogens (tertiary/aromatic N) is 3. The number of hydrogen-bond donors (Lipinski definition) is 1. The Labute approximate surface area is 123 Å². The summed E-state index contributed by atoms with van der Waals surface area (Å²) >= 11 is 0. The Kier molecular flexibility index (Phi) is 6.52. The number of azide groups is 1. The Morgan fingerprint density at radius 1 is 1.38 bits per heavy atom. The average molecular weight is 292 g/mol. The lowest BCUT2D eigenvalue weighted by molar-refractivity contribution is -0.149. The lowest BCUT2D eigenvalue weighted by atomic mass is 9.87. The third-order valence-electron chi connectivity index (χ3n) is 3.35. The maximum Gasteiger partial charge on any atom is 0.330 e. The molecule has 0 saturated carbocycles. The van der Waals surface area contributed by atoms with Gasteiger partial charge in [0, 0.05) is 18.0 Å². The van der Waals surface area contributed by atoms with Crippen LogP contribution in [0.3, 0.4) is 0 Å². The molecule has 1 rings (SSSR count). The molecule has 0 amide bonds. The molecule has 0 bridgehead atoms. The predicted octanol–water partition coefficient (Wildman–Crippen LogP) is 2.37. The SMILES string of the molecule is CCC(NCCN=[N+]=[N-])(C(=O)OC)c1ccc(OC)cc1. The van der Waals surface area contributed by atoms with Crippen LogP contribution in [0.2, 0.25) is 0 Å². The molecule has 0 aliphatic heterocycles. The Balaban J connectivity index is 3.08. The van der Waals surface area contributed by atoms with Crippen LogP contribution in [0.5, 0.6) is 5.75 Å². The van der Waals surface area contributed by atoms with E-state index in [-0.39, 0.29) is 12.5 Å².